The van der Waals surface area contributed by atoms with E-state index in [0.29, 0.717) is 5.02 Å². The van der Waals surface area contributed by atoms with Crippen molar-refractivity contribution in [1.29, 1.82) is 0 Å². The minimum absolute atomic E-state index is 0.0421. The van der Waals surface area contributed by atoms with E-state index in [2.05, 4.69) is 20.7 Å². The van der Waals surface area contributed by atoms with Crippen molar-refractivity contribution >= 4 is 43.2 Å². The number of nitrogens with one attached hydrogen (secondary N) is 1. The monoisotopic (exact) mass is 363 g/mol. The van der Waals surface area contributed by atoms with E-state index in [1.54, 1.807) is 6.07 Å². The Labute approximate surface area is 123 Å². The molecule has 0 radical (unpaired) electrons. The number of hydrogen-bond acceptors (Lipinski definition) is 2. The predicted octanol–water partition coefficient (Wildman–Crippen LogP) is 4.04. The van der Waals surface area contributed by atoms with Crippen LogP contribution in [0.5, 0.6) is 0 Å². The molecule has 0 heterocycles. The molecule has 0 saturated carbocycles. The van der Waals surface area contributed by atoms with E-state index in [1.165, 1.54) is 36.4 Å². The summed E-state index contributed by atoms with van der Waals surface area (Å²) in [6.45, 7) is 0. The van der Waals surface area contributed by atoms with E-state index >= 15 is 0 Å². The van der Waals surface area contributed by atoms with Gasteiger partial charge in [0.1, 0.15) is 5.82 Å². The second-order valence-electron chi connectivity index (χ2n) is 3.69. The molecule has 0 unspecified atom stereocenters. The molecule has 100 valence electrons. The van der Waals surface area contributed by atoms with Crippen molar-refractivity contribution in [3.05, 3.63) is 57.8 Å². The molecular formula is C12H8BrClFNO2S. The molecule has 0 aliphatic carbocycles. The highest BCUT2D eigenvalue weighted by molar-refractivity contribution is 9.10. The zero-order valence-corrected chi connectivity index (χ0v) is 12.6. The van der Waals surface area contributed by atoms with Crippen LogP contribution in [0.4, 0.5) is 10.1 Å². The van der Waals surface area contributed by atoms with Crippen molar-refractivity contribution in [3.63, 3.8) is 0 Å². The molecule has 1 N–H and O–H groups in total. The van der Waals surface area contributed by atoms with E-state index in [9.17, 15) is 12.8 Å². The standard InChI is InChI=1S/C12H8BrClFNO2S/c13-11-7-9(4-5-12(11)15)16-19(17,18)10-3-1-2-8(14)6-10/h1-7,16H. The third-order valence-electron chi connectivity index (χ3n) is 2.28. The van der Waals surface area contributed by atoms with Gasteiger partial charge in [-0.1, -0.05) is 17.7 Å². The predicted molar refractivity (Wildman–Crippen MR) is 76.4 cm³/mol. The third-order valence-corrected chi connectivity index (χ3v) is 4.50. The first kappa shape index (κ1) is 14.3. The summed E-state index contributed by atoms with van der Waals surface area (Å²) < 4.78 is 39.7. The minimum atomic E-state index is -3.74. The van der Waals surface area contributed by atoms with Crippen LogP contribution in [0.1, 0.15) is 0 Å². The Morgan fingerprint density at radius 1 is 1.16 bits per heavy atom. The smallest absolute Gasteiger partial charge is 0.261 e. The lowest BCUT2D eigenvalue weighted by atomic mass is 10.3. The fourth-order valence-corrected chi connectivity index (χ4v) is 3.14. The maximum atomic E-state index is 13.1. The molecule has 0 bridgehead atoms. The van der Waals surface area contributed by atoms with Crippen LogP contribution < -0.4 is 4.72 Å². The zero-order valence-electron chi connectivity index (χ0n) is 9.40. The Bertz CT molecular complexity index is 721. The van der Waals surface area contributed by atoms with Gasteiger partial charge in [-0.2, -0.15) is 0 Å². The normalized spacial score (nSPS) is 11.3. The van der Waals surface area contributed by atoms with Crippen LogP contribution in [0.3, 0.4) is 0 Å². The summed E-state index contributed by atoms with van der Waals surface area (Å²) >= 11 is 8.74. The molecule has 19 heavy (non-hydrogen) atoms. The van der Waals surface area contributed by atoms with Gasteiger partial charge in [-0.15, -0.1) is 0 Å². The molecule has 0 atom stereocenters. The number of sulfonamides is 1. The number of benzene rings is 2. The second-order valence-corrected chi connectivity index (χ2v) is 6.66. The van der Waals surface area contributed by atoms with Gasteiger partial charge in [0.15, 0.2) is 0 Å². The number of rotatable bonds is 3. The molecule has 3 nitrogen and oxygen atoms in total. The van der Waals surface area contributed by atoms with Gasteiger partial charge in [0.2, 0.25) is 0 Å². The highest BCUT2D eigenvalue weighted by Gasteiger charge is 2.15. The van der Waals surface area contributed by atoms with E-state index in [4.69, 9.17) is 11.6 Å². The van der Waals surface area contributed by atoms with Gasteiger partial charge in [-0.25, -0.2) is 12.8 Å². The average molecular weight is 365 g/mol. The van der Waals surface area contributed by atoms with E-state index in [-0.39, 0.29) is 15.1 Å². The maximum Gasteiger partial charge on any atom is 0.261 e. The van der Waals surface area contributed by atoms with Crippen LogP contribution in [-0.2, 0) is 10.0 Å². The molecule has 0 aliphatic rings. The summed E-state index contributed by atoms with van der Waals surface area (Å²) in [5.41, 5.74) is 0.258. The minimum Gasteiger partial charge on any atom is -0.280 e. The first-order chi connectivity index (χ1) is 8.88. The van der Waals surface area contributed by atoms with Crippen LogP contribution in [0.2, 0.25) is 5.02 Å². The molecule has 2 aromatic carbocycles. The van der Waals surface area contributed by atoms with Crippen molar-refractivity contribution in [1.82, 2.24) is 0 Å². The molecule has 2 rings (SSSR count). The summed E-state index contributed by atoms with van der Waals surface area (Å²) in [7, 11) is -3.74. The highest BCUT2D eigenvalue weighted by Crippen LogP contribution is 2.23. The fourth-order valence-electron chi connectivity index (χ4n) is 1.41. The van der Waals surface area contributed by atoms with Gasteiger partial charge >= 0.3 is 0 Å². The van der Waals surface area contributed by atoms with E-state index in [1.807, 2.05) is 0 Å². The number of halogens is 3. The third kappa shape index (κ3) is 3.46. The summed E-state index contributed by atoms with van der Waals surface area (Å²) in [6, 6.07) is 9.72. The van der Waals surface area contributed by atoms with Gasteiger partial charge in [0, 0.05) is 5.02 Å². The first-order valence-corrected chi connectivity index (χ1v) is 7.77. The Morgan fingerprint density at radius 3 is 2.53 bits per heavy atom. The van der Waals surface area contributed by atoms with Crippen molar-refractivity contribution in [2.24, 2.45) is 0 Å². The Balaban J connectivity index is 2.33. The molecule has 2 aromatic rings. The molecular weight excluding hydrogens is 357 g/mol. The topological polar surface area (TPSA) is 46.2 Å². The number of hydrogen-bond donors (Lipinski definition) is 1. The molecule has 0 aliphatic heterocycles. The van der Waals surface area contributed by atoms with Gasteiger partial charge in [0.25, 0.3) is 10.0 Å². The molecule has 0 amide bonds. The lowest BCUT2D eigenvalue weighted by Crippen LogP contribution is -2.12. The van der Waals surface area contributed by atoms with Gasteiger partial charge in [0.05, 0.1) is 15.1 Å². The van der Waals surface area contributed by atoms with E-state index in [0.717, 1.165) is 0 Å². The lowest BCUT2D eigenvalue weighted by Gasteiger charge is -2.08. The van der Waals surface area contributed by atoms with Crippen molar-refractivity contribution in [2.45, 2.75) is 4.90 Å². The molecule has 0 saturated heterocycles. The van der Waals surface area contributed by atoms with Crippen molar-refractivity contribution in [3.8, 4) is 0 Å². The maximum absolute atomic E-state index is 13.1. The molecule has 0 spiro atoms. The van der Waals surface area contributed by atoms with E-state index < -0.39 is 15.8 Å². The molecule has 0 aromatic heterocycles. The van der Waals surface area contributed by atoms with Crippen LogP contribution in [-0.4, -0.2) is 8.42 Å². The van der Waals surface area contributed by atoms with Crippen molar-refractivity contribution < 1.29 is 12.8 Å². The lowest BCUT2D eigenvalue weighted by molar-refractivity contribution is 0.601. The first-order valence-electron chi connectivity index (χ1n) is 5.12. The van der Waals surface area contributed by atoms with Crippen LogP contribution in [0, 0.1) is 5.82 Å². The van der Waals surface area contributed by atoms with Gasteiger partial charge in [-0.05, 0) is 52.3 Å². The van der Waals surface area contributed by atoms with Crippen molar-refractivity contribution in [2.75, 3.05) is 4.72 Å². The fraction of sp³-hybridized carbons (Fsp3) is 0. The second kappa shape index (κ2) is 5.48. The van der Waals surface area contributed by atoms with Crippen LogP contribution in [0.25, 0.3) is 0 Å². The summed E-state index contributed by atoms with van der Waals surface area (Å²) in [5, 5.41) is 0.322. The molecule has 0 fully saturated rings. The number of anilines is 1. The molecule has 7 heteroatoms. The van der Waals surface area contributed by atoms with Crippen LogP contribution >= 0.6 is 27.5 Å². The summed E-state index contributed by atoms with van der Waals surface area (Å²) in [6.07, 6.45) is 0. The zero-order chi connectivity index (χ0) is 14.0. The van der Waals surface area contributed by atoms with Gasteiger partial charge < -0.3 is 0 Å². The Morgan fingerprint density at radius 2 is 1.89 bits per heavy atom. The SMILES string of the molecule is O=S(=O)(Nc1ccc(F)c(Br)c1)c1cccc(Cl)c1. The summed E-state index contributed by atoms with van der Waals surface area (Å²) in [5.74, 6) is -0.467. The van der Waals surface area contributed by atoms with Gasteiger partial charge in [-0.3, -0.25) is 4.72 Å². The average Bonchev–Trinajstić information content (AvgIpc) is 2.33. The Hall–Kier alpha value is -1.11. The van der Waals surface area contributed by atoms with Crippen LogP contribution in [0.15, 0.2) is 51.8 Å². The summed E-state index contributed by atoms with van der Waals surface area (Å²) in [4.78, 5) is 0.0421. The largest absolute Gasteiger partial charge is 0.280 e. The Kier molecular flexibility index (Phi) is 4.13. The quantitative estimate of drug-likeness (QED) is 0.893. The highest BCUT2D eigenvalue weighted by atomic mass is 79.9.